The Morgan fingerprint density at radius 1 is 1.47 bits per heavy atom. The summed E-state index contributed by atoms with van der Waals surface area (Å²) in [7, 11) is 0. The van der Waals surface area contributed by atoms with E-state index < -0.39 is 0 Å². The molecule has 0 amide bonds. The largest absolute Gasteiger partial charge is 0.504 e. The minimum absolute atomic E-state index is 0.0208. The zero-order valence-electron chi connectivity index (χ0n) is 9.33. The molecule has 1 aromatic heterocycles. The van der Waals surface area contributed by atoms with Crippen LogP contribution in [0.4, 0.5) is 0 Å². The van der Waals surface area contributed by atoms with Gasteiger partial charge in [-0.3, -0.25) is 0 Å². The van der Waals surface area contributed by atoms with Gasteiger partial charge in [-0.2, -0.15) is 4.98 Å². The van der Waals surface area contributed by atoms with Gasteiger partial charge in [-0.15, -0.1) is 0 Å². The number of hydrogen-bond donors (Lipinski definition) is 1. The van der Waals surface area contributed by atoms with Gasteiger partial charge < -0.3 is 14.3 Å². The summed E-state index contributed by atoms with van der Waals surface area (Å²) in [6.07, 6.45) is 1.05. The smallest absolute Gasteiger partial charge is 0.395 e. The van der Waals surface area contributed by atoms with E-state index in [2.05, 4.69) is 36.8 Å². The maximum atomic E-state index is 9.84. The number of phenolic OH excluding ortho intramolecular Hbond substituents is 1. The molecule has 0 aliphatic heterocycles. The number of fused-ring (bicyclic) bond motifs is 1. The SMILES string of the molecule is CCC(C)Oc1nc2c(O)c(Br)cc(Br)c2o1. The van der Waals surface area contributed by atoms with Gasteiger partial charge in [0.05, 0.1) is 8.95 Å². The number of aromatic nitrogens is 1. The summed E-state index contributed by atoms with van der Waals surface area (Å²) >= 11 is 6.59. The fourth-order valence-corrected chi connectivity index (χ4v) is 2.51. The molecule has 1 heterocycles. The first kappa shape index (κ1) is 12.7. The highest BCUT2D eigenvalue weighted by Crippen LogP contribution is 2.39. The first-order valence-corrected chi connectivity index (χ1v) is 6.75. The topological polar surface area (TPSA) is 55.5 Å². The highest BCUT2D eigenvalue weighted by Gasteiger charge is 2.17. The van der Waals surface area contributed by atoms with E-state index in [-0.39, 0.29) is 17.9 Å². The Bertz CT molecular complexity index is 553. The molecule has 0 aliphatic carbocycles. The third-order valence-electron chi connectivity index (χ3n) is 2.41. The molecule has 17 heavy (non-hydrogen) atoms. The Morgan fingerprint density at radius 2 is 2.18 bits per heavy atom. The standard InChI is InChI=1S/C11H11Br2NO3/c1-3-5(2)16-11-14-8-9(15)6(12)4-7(13)10(8)17-11/h4-5,15H,3H2,1-2H3. The average Bonchev–Trinajstić information content (AvgIpc) is 2.70. The second-order valence-electron chi connectivity index (χ2n) is 3.68. The summed E-state index contributed by atoms with van der Waals surface area (Å²) in [5.74, 6) is 0.0472. The van der Waals surface area contributed by atoms with E-state index in [1.54, 1.807) is 6.07 Å². The molecule has 2 aromatic rings. The molecule has 0 radical (unpaired) electrons. The number of nitrogens with zero attached hydrogens (tertiary/aromatic N) is 1. The predicted octanol–water partition coefficient (Wildman–Crippen LogP) is 4.24. The second kappa shape index (κ2) is 4.86. The molecule has 1 atom stereocenters. The monoisotopic (exact) mass is 363 g/mol. The number of halogens is 2. The lowest BCUT2D eigenvalue weighted by atomic mass is 10.3. The van der Waals surface area contributed by atoms with E-state index in [4.69, 9.17) is 9.15 Å². The van der Waals surface area contributed by atoms with Crippen LogP contribution < -0.4 is 4.74 Å². The van der Waals surface area contributed by atoms with E-state index >= 15 is 0 Å². The van der Waals surface area contributed by atoms with Crippen molar-refractivity contribution < 1.29 is 14.3 Å². The Labute approximate surface area is 115 Å². The predicted molar refractivity (Wildman–Crippen MR) is 71.5 cm³/mol. The van der Waals surface area contributed by atoms with E-state index in [1.165, 1.54) is 0 Å². The number of ether oxygens (including phenoxy) is 1. The number of oxazole rings is 1. The van der Waals surface area contributed by atoms with Gasteiger partial charge in [0.25, 0.3) is 0 Å². The van der Waals surface area contributed by atoms with Crippen molar-refractivity contribution in [3.8, 4) is 11.8 Å². The van der Waals surface area contributed by atoms with Crippen LogP contribution in [0.25, 0.3) is 11.1 Å². The minimum Gasteiger partial charge on any atom is -0.504 e. The zero-order valence-corrected chi connectivity index (χ0v) is 12.5. The van der Waals surface area contributed by atoms with Crippen LogP contribution in [0, 0.1) is 0 Å². The maximum Gasteiger partial charge on any atom is 0.395 e. The zero-order chi connectivity index (χ0) is 12.6. The summed E-state index contributed by atoms with van der Waals surface area (Å²) in [5, 5.41) is 9.84. The molecule has 0 aliphatic rings. The number of benzene rings is 1. The van der Waals surface area contributed by atoms with Crippen LogP contribution in [0.3, 0.4) is 0 Å². The minimum atomic E-state index is 0.0208. The maximum absolute atomic E-state index is 9.84. The van der Waals surface area contributed by atoms with Crippen molar-refractivity contribution in [3.63, 3.8) is 0 Å². The van der Waals surface area contributed by atoms with E-state index in [9.17, 15) is 5.11 Å². The summed E-state index contributed by atoms with van der Waals surface area (Å²) < 4.78 is 12.2. The van der Waals surface area contributed by atoms with E-state index in [0.717, 1.165) is 6.42 Å². The summed E-state index contributed by atoms with van der Waals surface area (Å²) in [5.41, 5.74) is 0.855. The molecule has 92 valence electrons. The molecule has 0 bridgehead atoms. The molecule has 1 aromatic carbocycles. The van der Waals surface area contributed by atoms with Crippen molar-refractivity contribution in [1.29, 1.82) is 0 Å². The van der Waals surface area contributed by atoms with Crippen molar-refractivity contribution in [2.45, 2.75) is 26.4 Å². The van der Waals surface area contributed by atoms with Gasteiger partial charge in [0, 0.05) is 0 Å². The van der Waals surface area contributed by atoms with Crippen LogP contribution in [-0.4, -0.2) is 16.2 Å². The lowest BCUT2D eigenvalue weighted by Crippen LogP contribution is -2.09. The fraction of sp³-hybridized carbons (Fsp3) is 0.364. The summed E-state index contributed by atoms with van der Waals surface area (Å²) in [4.78, 5) is 4.12. The van der Waals surface area contributed by atoms with Crippen LogP contribution >= 0.6 is 31.9 Å². The highest BCUT2D eigenvalue weighted by molar-refractivity contribution is 9.11. The second-order valence-corrected chi connectivity index (χ2v) is 5.39. The van der Waals surface area contributed by atoms with Crippen molar-refractivity contribution in [2.24, 2.45) is 0 Å². The van der Waals surface area contributed by atoms with Gasteiger partial charge in [0.15, 0.2) is 16.8 Å². The van der Waals surface area contributed by atoms with Crippen LogP contribution in [0.5, 0.6) is 11.8 Å². The molecule has 1 N–H and O–H groups in total. The molecule has 0 fully saturated rings. The number of phenols is 1. The van der Waals surface area contributed by atoms with Crippen molar-refractivity contribution >= 4 is 43.0 Å². The molecule has 1 unspecified atom stereocenters. The third kappa shape index (κ3) is 2.42. The lowest BCUT2D eigenvalue weighted by molar-refractivity contribution is 0.162. The van der Waals surface area contributed by atoms with Gasteiger partial charge in [-0.25, -0.2) is 0 Å². The Hall–Kier alpha value is -0.750. The van der Waals surface area contributed by atoms with Crippen LogP contribution in [0.2, 0.25) is 0 Å². The van der Waals surface area contributed by atoms with E-state index in [1.807, 2.05) is 13.8 Å². The van der Waals surface area contributed by atoms with Gasteiger partial charge in [-0.1, -0.05) is 6.92 Å². The molecule has 0 saturated carbocycles. The Balaban J connectivity index is 2.50. The van der Waals surface area contributed by atoms with E-state index in [0.29, 0.717) is 20.0 Å². The molecular weight excluding hydrogens is 354 g/mol. The number of aromatic hydroxyl groups is 1. The van der Waals surface area contributed by atoms with Gasteiger partial charge in [0.1, 0.15) is 6.10 Å². The number of rotatable bonds is 3. The van der Waals surface area contributed by atoms with Crippen LogP contribution in [-0.2, 0) is 0 Å². The highest BCUT2D eigenvalue weighted by atomic mass is 79.9. The molecule has 0 spiro atoms. The molecule has 4 nitrogen and oxygen atoms in total. The Morgan fingerprint density at radius 3 is 2.82 bits per heavy atom. The van der Waals surface area contributed by atoms with Crippen LogP contribution in [0.15, 0.2) is 19.4 Å². The third-order valence-corrected chi connectivity index (χ3v) is 3.60. The van der Waals surface area contributed by atoms with Crippen molar-refractivity contribution in [3.05, 3.63) is 15.0 Å². The van der Waals surface area contributed by atoms with Crippen molar-refractivity contribution in [2.75, 3.05) is 0 Å². The molecule has 0 saturated heterocycles. The average molecular weight is 365 g/mol. The molecule has 2 rings (SSSR count). The first-order valence-electron chi connectivity index (χ1n) is 5.17. The van der Waals surface area contributed by atoms with Crippen LogP contribution in [0.1, 0.15) is 20.3 Å². The quantitative estimate of drug-likeness (QED) is 0.885. The number of hydrogen-bond acceptors (Lipinski definition) is 4. The lowest BCUT2D eigenvalue weighted by Gasteiger charge is -2.06. The van der Waals surface area contributed by atoms with Gasteiger partial charge in [0.2, 0.25) is 0 Å². The van der Waals surface area contributed by atoms with Gasteiger partial charge >= 0.3 is 6.08 Å². The van der Waals surface area contributed by atoms with Crippen molar-refractivity contribution in [1.82, 2.24) is 4.98 Å². The molecular formula is C11H11Br2NO3. The fourth-order valence-electron chi connectivity index (χ4n) is 1.29. The summed E-state index contributed by atoms with van der Waals surface area (Å²) in [6, 6.07) is 1.70. The first-order chi connectivity index (χ1) is 8.02. The summed E-state index contributed by atoms with van der Waals surface area (Å²) in [6.45, 7) is 3.94. The normalized spacial score (nSPS) is 12.9. The van der Waals surface area contributed by atoms with Gasteiger partial charge in [-0.05, 0) is 51.3 Å². The molecule has 6 heteroatoms. The Kier molecular flexibility index (Phi) is 3.63.